The molecule has 0 saturated heterocycles. The first-order valence-corrected chi connectivity index (χ1v) is 8.80. The first-order valence-electron chi connectivity index (χ1n) is 7.25. The third kappa shape index (κ3) is 1.95. The van der Waals surface area contributed by atoms with Gasteiger partial charge in [0.25, 0.3) is 0 Å². The van der Waals surface area contributed by atoms with Crippen molar-refractivity contribution < 1.29 is 13.2 Å². The van der Waals surface area contributed by atoms with Crippen molar-refractivity contribution in [3.8, 4) is 16.9 Å². The van der Waals surface area contributed by atoms with Crippen LogP contribution in [0.15, 0.2) is 53.4 Å². The fourth-order valence-electron chi connectivity index (χ4n) is 3.13. The summed E-state index contributed by atoms with van der Waals surface area (Å²) in [5.41, 5.74) is 3.03. The van der Waals surface area contributed by atoms with Crippen LogP contribution in [0.1, 0.15) is 21.6 Å². The standard InChI is InChI=1S/C17H13N3O3S/c1-10-14-16(20(19-10)11-6-3-2-4-7-11)12-8-5-9-13(24(18,22)23)15(12)17(14)21/h2-9H,1H3,(H2,18,22,23). The zero-order valence-corrected chi connectivity index (χ0v) is 13.5. The molecule has 1 aliphatic carbocycles. The Kier molecular flexibility index (Phi) is 3.00. The molecule has 6 nitrogen and oxygen atoms in total. The van der Waals surface area contributed by atoms with Crippen LogP contribution in [0.2, 0.25) is 0 Å². The molecule has 0 unspecified atom stereocenters. The summed E-state index contributed by atoms with van der Waals surface area (Å²) in [6.45, 7) is 1.73. The molecule has 1 heterocycles. The molecule has 3 aromatic rings. The highest BCUT2D eigenvalue weighted by Crippen LogP contribution is 2.41. The molecular formula is C17H13N3O3S. The molecule has 24 heavy (non-hydrogen) atoms. The van der Waals surface area contributed by atoms with Crippen molar-refractivity contribution >= 4 is 15.8 Å². The van der Waals surface area contributed by atoms with Crippen LogP contribution < -0.4 is 5.14 Å². The number of carbonyl (C=O) groups is 1. The van der Waals surface area contributed by atoms with Crippen LogP contribution in [-0.2, 0) is 10.0 Å². The number of nitrogens with zero attached hydrogens (tertiary/aromatic N) is 2. The van der Waals surface area contributed by atoms with E-state index in [2.05, 4.69) is 5.10 Å². The maximum atomic E-state index is 12.8. The van der Waals surface area contributed by atoms with Gasteiger partial charge in [0.1, 0.15) is 0 Å². The number of aromatic nitrogens is 2. The van der Waals surface area contributed by atoms with Gasteiger partial charge >= 0.3 is 0 Å². The lowest BCUT2D eigenvalue weighted by molar-refractivity contribution is 0.104. The summed E-state index contributed by atoms with van der Waals surface area (Å²) >= 11 is 0. The number of carbonyl (C=O) groups excluding carboxylic acids is 1. The van der Waals surface area contributed by atoms with Crippen molar-refractivity contribution in [3.63, 3.8) is 0 Å². The summed E-state index contributed by atoms with van der Waals surface area (Å²) in [5, 5.41) is 9.74. The first kappa shape index (κ1) is 14.8. The molecule has 7 heteroatoms. The van der Waals surface area contributed by atoms with Gasteiger partial charge in [-0.2, -0.15) is 5.10 Å². The van der Waals surface area contributed by atoms with E-state index in [4.69, 9.17) is 5.14 Å². The Balaban J connectivity index is 2.08. The Bertz CT molecular complexity index is 1100. The number of para-hydroxylation sites is 1. The predicted octanol–water partition coefficient (Wildman–Crippen LogP) is 2.04. The molecule has 1 aromatic heterocycles. The van der Waals surface area contributed by atoms with Gasteiger partial charge in [-0.3, -0.25) is 4.79 Å². The highest BCUT2D eigenvalue weighted by Gasteiger charge is 2.37. The predicted molar refractivity (Wildman–Crippen MR) is 88.5 cm³/mol. The Hall–Kier alpha value is -2.77. The highest BCUT2D eigenvalue weighted by molar-refractivity contribution is 7.89. The molecule has 1 aliphatic rings. The zero-order valence-electron chi connectivity index (χ0n) is 12.7. The molecule has 0 fully saturated rings. The van der Waals surface area contributed by atoms with E-state index in [0.717, 1.165) is 5.69 Å². The van der Waals surface area contributed by atoms with E-state index in [1.807, 2.05) is 30.3 Å². The van der Waals surface area contributed by atoms with Crippen LogP contribution in [0.4, 0.5) is 0 Å². The van der Waals surface area contributed by atoms with Crippen molar-refractivity contribution in [1.82, 2.24) is 9.78 Å². The second-order valence-corrected chi connectivity index (χ2v) is 7.14. The van der Waals surface area contributed by atoms with Crippen molar-refractivity contribution in [2.75, 3.05) is 0 Å². The highest BCUT2D eigenvalue weighted by atomic mass is 32.2. The summed E-state index contributed by atoms with van der Waals surface area (Å²) in [5.74, 6) is -0.357. The molecular weight excluding hydrogens is 326 g/mol. The van der Waals surface area contributed by atoms with Gasteiger partial charge in [-0.25, -0.2) is 18.2 Å². The Labute approximate surface area is 138 Å². The summed E-state index contributed by atoms with van der Waals surface area (Å²) in [4.78, 5) is 12.7. The molecule has 0 saturated carbocycles. The molecule has 2 N–H and O–H groups in total. The van der Waals surface area contributed by atoms with E-state index in [-0.39, 0.29) is 16.2 Å². The number of rotatable bonds is 2. The minimum atomic E-state index is -4.00. The van der Waals surface area contributed by atoms with Crippen LogP contribution in [0.25, 0.3) is 16.9 Å². The topological polar surface area (TPSA) is 95.0 Å². The normalized spacial score (nSPS) is 13.0. The minimum Gasteiger partial charge on any atom is -0.288 e. The lowest BCUT2D eigenvalue weighted by Gasteiger charge is -2.09. The molecule has 2 aromatic carbocycles. The SMILES string of the molecule is Cc1nn(-c2ccccc2)c2c1C(=O)c1c-2cccc1S(N)(=O)=O. The number of benzene rings is 2. The molecule has 0 radical (unpaired) electrons. The monoisotopic (exact) mass is 339 g/mol. The number of nitrogens with two attached hydrogens (primary N) is 1. The van der Waals surface area contributed by atoms with Crippen molar-refractivity contribution in [1.29, 1.82) is 0 Å². The third-order valence-corrected chi connectivity index (χ3v) is 5.06. The number of aryl methyl sites for hydroxylation is 1. The molecule has 0 aliphatic heterocycles. The number of primary sulfonamides is 1. The molecule has 120 valence electrons. The summed E-state index contributed by atoms with van der Waals surface area (Å²) in [6, 6.07) is 14.0. The number of hydrogen-bond donors (Lipinski definition) is 1. The van der Waals surface area contributed by atoms with Crippen LogP contribution >= 0.6 is 0 Å². The average molecular weight is 339 g/mol. The summed E-state index contributed by atoms with van der Waals surface area (Å²) < 4.78 is 25.4. The quantitative estimate of drug-likeness (QED) is 0.604. The number of ketones is 1. The molecule has 0 atom stereocenters. The lowest BCUT2D eigenvalue weighted by atomic mass is 10.1. The van der Waals surface area contributed by atoms with Crippen LogP contribution in [0.3, 0.4) is 0 Å². The number of fused-ring (bicyclic) bond motifs is 3. The van der Waals surface area contributed by atoms with E-state index >= 15 is 0 Å². The van der Waals surface area contributed by atoms with Gasteiger partial charge in [0.2, 0.25) is 10.0 Å². The van der Waals surface area contributed by atoms with Gasteiger partial charge < -0.3 is 0 Å². The second-order valence-electron chi connectivity index (χ2n) is 5.61. The van der Waals surface area contributed by atoms with Crippen molar-refractivity contribution in [2.24, 2.45) is 5.14 Å². The number of sulfonamides is 1. The molecule has 4 rings (SSSR count). The van der Waals surface area contributed by atoms with E-state index in [0.29, 0.717) is 22.5 Å². The largest absolute Gasteiger partial charge is 0.288 e. The molecule has 0 amide bonds. The fourth-order valence-corrected chi connectivity index (χ4v) is 3.88. The van der Waals surface area contributed by atoms with E-state index in [9.17, 15) is 13.2 Å². The smallest absolute Gasteiger partial charge is 0.238 e. The average Bonchev–Trinajstić information content (AvgIpc) is 3.05. The fraction of sp³-hybridized carbons (Fsp3) is 0.0588. The zero-order chi connectivity index (χ0) is 17.1. The maximum Gasteiger partial charge on any atom is 0.238 e. The molecule has 0 bridgehead atoms. The van der Waals surface area contributed by atoms with Crippen LogP contribution in [-0.4, -0.2) is 24.0 Å². The van der Waals surface area contributed by atoms with Gasteiger partial charge in [-0.05, 0) is 25.1 Å². The van der Waals surface area contributed by atoms with E-state index < -0.39 is 10.0 Å². The minimum absolute atomic E-state index is 0.125. The second kappa shape index (κ2) is 4.86. The maximum absolute atomic E-state index is 12.8. The van der Waals surface area contributed by atoms with Gasteiger partial charge in [0.15, 0.2) is 5.78 Å². The van der Waals surface area contributed by atoms with E-state index in [1.165, 1.54) is 6.07 Å². The van der Waals surface area contributed by atoms with Crippen molar-refractivity contribution in [3.05, 3.63) is 65.4 Å². The first-order chi connectivity index (χ1) is 11.4. The van der Waals surface area contributed by atoms with Crippen molar-refractivity contribution in [2.45, 2.75) is 11.8 Å². The van der Waals surface area contributed by atoms with Gasteiger partial charge in [0, 0.05) is 5.56 Å². The van der Waals surface area contributed by atoms with Crippen LogP contribution in [0, 0.1) is 6.92 Å². The Morgan fingerprint density at radius 2 is 1.71 bits per heavy atom. The lowest BCUT2D eigenvalue weighted by Crippen LogP contribution is -2.16. The molecule has 0 spiro atoms. The van der Waals surface area contributed by atoms with E-state index in [1.54, 1.807) is 23.7 Å². The van der Waals surface area contributed by atoms with Gasteiger partial charge in [-0.1, -0.05) is 30.3 Å². The summed E-state index contributed by atoms with van der Waals surface area (Å²) in [6.07, 6.45) is 0. The third-order valence-electron chi connectivity index (χ3n) is 4.10. The number of hydrogen-bond acceptors (Lipinski definition) is 4. The van der Waals surface area contributed by atoms with Gasteiger partial charge in [-0.15, -0.1) is 0 Å². The summed E-state index contributed by atoms with van der Waals surface area (Å²) in [7, 11) is -4.00. The van der Waals surface area contributed by atoms with Crippen LogP contribution in [0.5, 0.6) is 0 Å². The van der Waals surface area contributed by atoms with Gasteiger partial charge in [0.05, 0.1) is 33.1 Å². The Morgan fingerprint density at radius 1 is 1.00 bits per heavy atom. The Morgan fingerprint density at radius 3 is 2.38 bits per heavy atom.